The maximum absolute atomic E-state index is 12.3. The van der Waals surface area contributed by atoms with E-state index in [-0.39, 0.29) is 11.6 Å². The van der Waals surface area contributed by atoms with Crippen LogP contribution < -0.4 is 4.72 Å². The Morgan fingerprint density at radius 1 is 1.38 bits per heavy atom. The Labute approximate surface area is 144 Å². The number of rotatable bonds is 7. The van der Waals surface area contributed by atoms with Gasteiger partial charge in [0.15, 0.2) is 0 Å². The van der Waals surface area contributed by atoms with Gasteiger partial charge in [0.05, 0.1) is 23.2 Å². The van der Waals surface area contributed by atoms with E-state index in [1.54, 1.807) is 0 Å². The first-order valence-electron chi connectivity index (χ1n) is 7.28. The van der Waals surface area contributed by atoms with E-state index in [9.17, 15) is 23.6 Å². The molecule has 24 heavy (non-hydrogen) atoms. The molecule has 2 N–H and O–H groups in total. The minimum atomic E-state index is -4.16. The van der Waals surface area contributed by atoms with E-state index in [4.69, 9.17) is 16.3 Å². The third-order valence-electron chi connectivity index (χ3n) is 3.57. The lowest BCUT2D eigenvalue weighted by Gasteiger charge is -2.26. The van der Waals surface area contributed by atoms with Gasteiger partial charge in [0, 0.05) is 25.7 Å². The van der Waals surface area contributed by atoms with Gasteiger partial charge in [-0.2, -0.15) is 0 Å². The molecule has 11 heteroatoms. The number of hydrogen-bond donors (Lipinski definition) is 2. The van der Waals surface area contributed by atoms with Gasteiger partial charge < -0.3 is 9.84 Å². The van der Waals surface area contributed by atoms with Crippen LogP contribution in [-0.2, 0) is 14.8 Å². The number of phenols is 1. The fourth-order valence-corrected chi connectivity index (χ4v) is 4.04. The second kappa shape index (κ2) is 8.08. The van der Waals surface area contributed by atoms with Crippen LogP contribution >= 0.6 is 11.6 Å². The molecule has 9 nitrogen and oxygen atoms in total. The number of hydrogen-bond acceptors (Lipinski definition) is 7. The smallest absolute Gasteiger partial charge is 0.312 e. The maximum Gasteiger partial charge on any atom is 0.312 e. The van der Waals surface area contributed by atoms with E-state index in [1.165, 1.54) is 0 Å². The molecule has 0 atom stereocenters. The lowest BCUT2D eigenvalue weighted by atomic mass is 10.3. The molecule has 0 saturated carbocycles. The third-order valence-corrected chi connectivity index (χ3v) is 5.54. The van der Waals surface area contributed by atoms with Gasteiger partial charge in [-0.3, -0.25) is 15.0 Å². The molecule has 0 aliphatic carbocycles. The van der Waals surface area contributed by atoms with Crippen molar-refractivity contribution in [1.29, 1.82) is 0 Å². The van der Waals surface area contributed by atoms with Crippen LogP contribution in [0.1, 0.15) is 6.42 Å². The van der Waals surface area contributed by atoms with E-state index in [0.717, 1.165) is 25.2 Å². The number of nitro groups is 1. The molecular weight excluding hydrogens is 362 g/mol. The molecule has 0 amide bonds. The predicted molar refractivity (Wildman–Crippen MR) is 86.8 cm³/mol. The summed E-state index contributed by atoms with van der Waals surface area (Å²) in [5.74, 6) is -0.965. The zero-order chi connectivity index (χ0) is 17.7. The molecule has 1 aliphatic heterocycles. The Morgan fingerprint density at radius 2 is 2.04 bits per heavy atom. The fourth-order valence-electron chi connectivity index (χ4n) is 2.35. The summed E-state index contributed by atoms with van der Waals surface area (Å²) in [6.45, 7) is 3.72. The SMILES string of the molecule is O=[N+]([O-])c1ccc(Cl)c(S(=O)(=O)NCCCN2CCOCC2)c1O. The Morgan fingerprint density at radius 3 is 2.67 bits per heavy atom. The summed E-state index contributed by atoms with van der Waals surface area (Å²) >= 11 is 5.80. The predicted octanol–water partition coefficient (Wildman–Crippen LogP) is 0.954. The second-order valence-electron chi connectivity index (χ2n) is 5.21. The third kappa shape index (κ3) is 4.54. The van der Waals surface area contributed by atoms with Gasteiger partial charge in [-0.15, -0.1) is 0 Å². The summed E-state index contributed by atoms with van der Waals surface area (Å²) in [6, 6.07) is 2.02. The van der Waals surface area contributed by atoms with Crippen LogP contribution in [0.4, 0.5) is 5.69 Å². The standard InChI is InChI=1S/C13H18ClN3O6S/c14-10-2-3-11(17(19)20)12(18)13(10)24(21,22)15-4-1-5-16-6-8-23-9-7-16/h2-3,15,18H,1,4-9H2. The van der Waals surface area contributed by atoms with Gasteiger partial charge in [-0.05, 0) is 19.0 Å². The van der Waals surface area contributed by atoms with Crippen molar-refractivity contribution in [3.63, 3.8) is 0 Å². The number of morpholine rings is 1. The van der Waals surface area contributed by atoms with Gasteiger partial charge in [0.2, 0.25) is 15.8 Å². The Kier molecular flexibility index (Phi) is 6.35. The second-order valence-corrected chi connectivity index (χ2v) is 7.32. The molecule has 0 radical (unpaired) electrons. The average Bonchev–Trinajstić information content (AvgIpc) is 2.52. The van der Waals surface area contributed by atoms with E-state index in [2.05, 4.69) is 9.62 Å². The summed E-state index contributed by atoms with van der Waals surface area (Å²) in [4.78, 5) is 11.4. The highest BCUT2D eigenvalue weighted by Crippen LogP contribution is 2.37. The van der Waals surface area contributed by atoms with Crippen molar-refractivity contribution in [3.8, 4) is 5.75 Å². The highest BCUT2D eigenvalue weighted by atomic mass is 35.5. The molecule has 0 bridgehead atoms. The normalized spacial score (nSPS) is 16.2. The zero-order valence-corrected chi connectivity index (χ0v) is 14.3. The van der Waals surface area contributed by atoms with Crippen molar-refractivity contribution in [3.05, 3.63) is 27.3 Å². The van der Waals surface area contributed by atoms with Crippen LogP contribution in [0.15, 0.2) is 17.0 Å². The zero-order valence-electron chi connectivity index (χ0n) is 12.8. The van der Waals surface area contributed by atoms with Crippen LogP contribution in [0, 0.1) is 10.1 Å². The van der Waals surface area contributed by atoms with Crippen molar-refractivity contribution in [1.82, 2.24) is 9.62 Å². The Bertz CT molecular complexity index is 706. The molecule has 1 heterocycles. The molecule has 1 aromatic rings. The molecule has 1 aromatic carbocycles. The molecule has 0 unspecified atom stereocenters. The van der Waals surface area contributed by atoms with Crippen molar-refractivity contribution >= 4 is 27.3 Å². The molecule has 1 aliphatic rings. The van der Waals surface area contributed by atoms with E-state index >= 15 is 0 Å². The lowest BCUT2D eigenvalue weighted by Crippen LogP contribution is -2.38. The van der Waals surface area contributed by atoms with Crippen LogP contribution in [-0.4, -0.2) is 62.7 Å². The summed E-state index contributed by atoms with van der Waals surface area (Å²) < 4.78 is 32.1. The van der Waals surface area contributed by atoms with E-state index < -0.39 is 31.3 Å². The maximum atomic E-state index is 12.3. The molecule has 0 spiro atoms. The van der Waals surface area contributed by atoms with Crippen LogP contribution in [0.25, 0.3) is 0 Å². The lowest BCUT2D eigenvalue weighted by molar-refractivity contribution is -0.386. The highest BCUT2D eigenvalue weighted by molar-refractivity contribution is 7.89. The molecular formula is C13H18ClN3O6S. The van der Waals surface area contributed by atoms with Crippen molar-refractivity contribution in [2.45, 2.75) is 11.3 Å². The molecule has 2 rings (SSSR count). The monoisotopic (exact) mass is 379 g/mol. The van der Waals surface area contributed by atoms with Crippen LogP contribution in [0.2, 0.25) is 5.02 Å². The van der Waals surface area contributed by atoms with Crippen molar-refractivity contribution in [2.75, 3.05) is 39.4 Å². The first kappa shape index (κ1) is 18.9. The quantitative estimate of drug-likeness (QED) is 0.411. The summed E-state index contributed by atoms with van der Waals surface area (Å²) in [7, 11) is -4.16. The van der Waals surface area contributed by atoms with Gasteiger partial charge in [-0.1, -0.05) is 11.6 Å². The van der Waals surface area contributed by atoms with Gasteiger partial charge in [-0.25, -0.2) is 13.1 Å². The number of nitrogens with one attached hydrogen (secondary N) is 1. The van der Waals surface area contributed by atoms with Crippen molar-refractivity contribution < 1.29 is 23.2 Å². The molecule has 134 valence electrons. The first-order valence-corrected chi connectivity index (χ1v) is 9.14. The Hall–Kier alpha value is -1.46. The van der Waals surface area contributed by atoms with E-state index in [1.807, 2.05) is 0 Å². The van der Waals surface area contributed by atoms with E-state index in [0.29, 0.717) is 26.2 Å². The molecule has 0 aromatic heterocycles. The Balaban J connectivity index is 2.02. The minimum absolute atomic E-state index is 0.123. The number of sulfonamides is 1. The fraction of sp³-hybridized carbons (Fsp3) is 0.538. The topological polar surface area (TPSA) is 122 Å². The molecule has 1 fully saturated rings. The van der Waals surface area contributed by atoms with Crippen LogP contribution in [0.3, 0.4) is 0 Å². The highest BCUT2D eigenvalue weighted by Gasteiger charge is 2.28. The number of aromatic hydroxyl groups is 1. The first-order chi connectivity index (χ1) is 11.3. The largest absolute Gasteiger partial charge is 0.501 e. The van der Waals surface area contributed by atoms with Gasteiger partial charge in [0.1, 0.15) is 4.90 Å². The summed E-state index contributed by atoms with van der Waals surface area (Å²) in [6.07, 6.45) is 0.548. The van der Waals surface area contributed by atoms with Gasteiger partial charge in [0.25, 0.3) is 0 Å². The number of ether oxygens (including phenoxy) is 1. The number of nitro benzene ring substituents is 1. The summed E-state index contributed by atoms with van der Waals surface area (Å²) in [5, 5.41) is 20.4. The summed E-state index contributed by atoms with van der Waals surface area (Å²) in [5.41, 5.74) is -0.715. The minimum Gasteiger partial charge on any atom is -0.501 e. The van der Waals surface area contributed by atoms with Gasteiger partial charge >= 0.3 is 5.69 Å². The number of nitrogens with zero attached hydrogens (tertiary/aromatic N) is 2. The number of benzene rings is 1. The number of halogens is 1. The average molecular weight is 380 g/mol. The van der Waals surface area contributed by atoms with Crippen molar-refractivity contribution in [2.24, 2.45) is 0 Å². The van der Waals surface area contributed by atoms with Crippen LogP contribution in [0.5, 0.6) is 5.75 Å². The number of phenolic OH excluding ortho intramolecular Hbond substituents is 1. The molecule has 1 saturated heterocycles.